The Morgan fingerprint density at radius 1 is 0.839 bits per heavy atom. The van der Waals surface area contributed by atoms with E-state index in [1.54, 1.807) is 17.3 Å². The molecule has 2 aromatic carbocycles. The van der Waals surface area contributed by atoms with Crippen LogP contribution in [0.5, 0.6) is 0 Å². The molecule has 1 N–H and O–H groups in total. The van der Waals surface area contributed by atoms with Crippen LogP contribution < -0.4 is 5.32 Å². The summed E-state index contributed by atoms with van der Waals surface area (Å²) < 4.78 is 5.31. The van der Waals surface area contributed by atoms with E-state index in [4.69, 9.17) is 14.7 Å². The summed E-state index contributed by atoms with van der Waals surface area (Å²) >= 11 is 0. The highest BCUT2D eigenvalue weighted by molar-refractivity contribution is 6.21. The number of fused-ring (bicyclic) bond motifs is 7. The van der Waals surface area contributed by atoms with Crippen molar-refractivity contribution in [2.75, 3.05) is 31.6 Å². The van der Waals surface area contributed by atoms with Crippen molar-refractivity contribution in [2.45, 2.75) is 0 Å². The Morgan fingerprint density at radius 3 is 2.16 bits per heavy atom. The molecular formula is C23H18N6O2. The van der Waals surface area contributed by atoms with Gasteiger partial charge in [0, 0.05) is 41.9 Å². The predicted molar refractivity (Wildman–Crippen MR) is 119 cm³/mol. The number of hydrogen-bond acceptors (Lipinski definition) is 6. The Morgan fingerprint density at radius 2 is 1.48 bits per heavy atom. The van der Waals surface area contributed by atoms with Crippen LogP contribution >= 0.6 is 0 Å². The third kappa shape index (κ3) is 3.00. The van der Waals surface area contributed by atoms with E-state index in [0.717, 1.165) is 38.4 Å². The monoisotopic (exact) mass is 410 g/mol. The van der Waals surface area contributed by atoms with Crippen molar-refractivity contribution in [1.29, 1.82) is 0 Å². The summed E-state index contributed by atoms with van der Waals surface area (Å²) in [5.74, 6) is 0. The average Bonchev–Trinajstić information content (AvgIpc) is 2.84. The van der Waals surface area contributed by atoms with Crippen LogP contribution in [0.3, 0.4) is 0 Å². The van der Waals surface area contributed by atoms with Crippen molar-refractivity contribution in [3.05, 3.63) is 54.9 Å². The van der Waals surface area contributed by atoms with Gasteiger partial charge in [0.15, 0.2) is 0 Å². The summed E-state index contributed by atoms with van der Waals surface area (Å²) in [5.41, 5.74) is 5.33. The Bertz CT molecular complexity index is 1480. The van der Waals surface area contributed by atoms with E-state index in [-0.39, 0.29) is 6.03 Å². The van der Waals surface area contributed by atoms with Crippen molar-refractivity contribution in [3.8, 4) is 0 Å². The van der Waals surface area contributed by atoms with Crippen molar-refractivity contribution >= 4 is 55.6 Å². The van der Waals surface area contributed by atoms with Gasteiger partial charge in [-0.1, -0.05) is 0 Å². The smallest absolute Gasteiger partial charge is 0.322 e. The van der Waals surface area contributed by atoms with E-state index in [9.17, 15) is 4.79 Å². The maximum absolute atomic E-state index is 12.5. The Hall–Kier alpha value is -3.91. The van der Waals surface area contributed by atoms with Crippen molar-refractivity contribution in [2.24, 2.45) is 0 Å². The first-order chi connectivity index (χ1) is 15.3. The maximum atomic E-state index is 12.5. The zero-order valence-corrected chi connectivity index (χ0v) is 16.6. The molecule has 0 bridgehead atoms. The molecule has 0 aliphatic carbocycles. The third-order valence-electron chi connectivity index (χ3n) is 5.56. The first-order valence-electron chi connectivity index (χ1n) is 10.1. The van der Waals surface area contributed by atoms with Gasteiger partial charge in [-0.15, -0.1) is 0 Å². The van der Waals surface area contributed by atoms with Crippen molar-refractivity contribution in [1.82, 2.24) is 24.8 Å². The number of aromatic nitrogens is 4. The molecule has 1 aliphatic heterocycles. The Labute approximate surface area is 176 Å². The van der Waals surface area contributed by atoms with E-state index in [2.05, 4.69) is 15.3 Å². The minimum absolute atomic E-state index is 0.136. The number of pyridine rings is 2. The number of benzene rings is 2. The number of morpholine rings is 1. The van der Waals surface area contributed by atoms with Gasteiger partial charge < -0.3 is 15.0 Å². The molecule has 5 aromatic rings. The lowest BCUT2D eigenvalue weighted by atomic mass is 10.1. The quantitative estimate of drug-likeness (QED) is 0.334. The van der Waals surface area contributed by atoms with Crippen LogP contribution in [0.15, 0.2) is 54.9 Å². The van der Waals surface area contributed by atoms with E-state index in [1.807, 2.05) is 42.5 Å². The lowest BCUT2D eigenvalue weighted by molar-refractivity contribution is 0.0564. The first-order valence-corrected chi connectivity index (χ1v) is 10.1. The Balaban J connectivity index is 1.51. The minimum Gasteiger partial charge on any atom is -0.378 e. The summed E-state index contributed by atoms with van der Waals surface area (Å²) in [7, 11) is 0. The first kappa shape index (κ1) is 17.9. The number of nitrogens with one attached hydrogen (secondary N) is 1. The second-order valence-electron chi connectivity index (χ2n) is 7.45. The van der Waals surface area contributed by atoms with Crippen LogP contribution in [0.25, 0.3) is 43.9 Å². The van der Waals surface area contributed by atoms with E-state index >= 15 is 0 Å². The number of carbonyl (C=O) groups is 1. The van der Waals surface area contributed by atoms with Crippen molar-refractivity contribution < 1.29 is 9.53 Å². The fourth-order valence-electron chi connectivity index (χ4n) is 4.05. The van der Waals surface area contributed by atoms with E-state index < -0.39 is 0 Å². The highest BCUT2D eigenvalue weighted by atomic mass is 16.5. The van der Waals surface area contributed by atoms with Crippen LogP contribution in [0.4, 0.5) is 10.5 Å². The van der Waals surface area contributed by atoms with Gasteiger partial charge in [-0.2, -0.15) is 0 Å². The molecule has 152 valence electrons. The molecule has 8 nitrogen and oxygen atoms in total. The lowest BCUT2D eigenvalue weighted by Crippen LogP contribution is -2.43. The zero-order chi connectivity index (χ0) is 20.8. The van der Waals surface area contributed by atoms with Crippen LogP contribution in [0.2, 0.25) is 0 Å². The molecule has 0 spiro atoms. The molecule has 8 heteroatoms. The molecule has 0 atom stereocenters. The zero-order valence-electron chi connectivity index (χ0n) is 16.6. The summed E-state index contributed by atoms with van der Waals surface area (Å²) in [6, 6.07) is 13.2. The summed E-state index contributed by atoms with van der Waals surface area (Å²) in [6.45, 7) is 2.30. The third-order valence-corrected chi connectivity index (χ3v) is 5.56. The molecule has 1 aliphatic rings. The molecule has 0 radical (unpaired) electrons. The Kier molecular flexibility index (Phi) is 4.10. The molecule has 3 aromatic heterocycles. The number of urea groups is 1. The molecule has 0 saturated carbocycles. The standard InChI is InChI=1S/C23H18N6O2/c30-23(29-9-11-31-12-10-29)26-14-5-6-17-18(13-14)28-22-16-4-2-8-25-20(16)19-15(21(22)27-17)3-1-7-24-19/h1-8,13H,9-12H2,(H,26,30). The van der Waals surface area contributed by atoms with Crippen molar-refractivity contribution in [3.63, 3.8) is 0 Å². The van der Waals surface area contributed by atoms with Gasteiger partial charge in [0.2, 0.25) is 0 Å². The number of nitrogens with zero attached hydrogens (tertiary/aromatic N) is 5. The molecule has 1 saturated heterocycles. The molecular weight excluding hydrogens is 392 g/mol. The van der Waals surface area contributed by atoms with E-state index in [1.165, 1.54) is 0 Å². The second-order valence-corrected chi connectivity index (χ2v) is 7.45. The SMILES string of the molecule is O=C(Nc1ccc2nc3c4cccnc4c4ncccc4c3nc2c1)N1CCOCC1. The average molecular weight is 410 g/mol. The van der Waals surface area contributed by atoms with Gasteiger partial charge in [0.05, 0.1) is 46.3 Å². The number of amides is 2. The van der Waals surface area contributed by atoms with Gasteiger partial charge in [-0.25, -0.2) is 14.8 Å². The molecule has 6 rings (SSSR count). The van der Waals surface area contributed by atoms with Crippen LogP contribution in [-0.2, 0) is 4.74 Å². The minimum atomic E-state index is -0.136. The molecule has 1 fully saturated rings. The summed E-state index contributed by atoms with van der Waals surface area (Å²) in [4.78, 5) is 33.2. The van der Waals surface area contributed by atoms with Gasteiger partial charge in [-0.05, 0) is 42.5 Å². The molecule has 31 heavy (non-hydrogen) atoms. The van der Waals surface area contributed by atoms with Gasteiger partial charge >= 0.3 is 6.03 Å². The second kappa shape index (κ2) is 7.10. The number of anilines is 1. The van der Waals surface area contributed by atoms with Crippen LogP contribution in [0, 0.1) is 0 Å². The molecule has 0 unspecified atom stereocenters. The fraction of sp³-hybridized carbons (Fsp3) is 0.174. The topological polar surface area (TPSA) is 93.1 Å². The highest BCUT2D eigenvalue weighted by Gasteiger charge is 2.18. The van der Waals surface area contributed by atoms with Crippen LogP contribution in [0.1, 0.15) is 0 Å². The van der Waals surface area contributed by atoms with Gasteiger partial charge in [-0.3, -0.25) is 9.97 Å². The van der Waals surface area contributed by atoms with Crippen LogP contribution in [-0.4, -0.2) is 57.2 Å². The maximum Gasteiger partial charge on any atom is 0.322 e. The number of hydrogen-bond donors (Lipinski definition) is 1. The molecule has 4 heterocycles. The predicted octanol–water partition coefficient (Wildman–Crippen LogP) is 3.74. The summed E-state index contributed by atoms with van der Waals surface area (Å²) in [6.07, 6.45) is 3.52. The molecule has 2 amide bonds. The largest absolute Gasteiger partial charge is 0.378 e. The number of ether oxygens (including phenoxy) is 1. The fourth-order valence-corrected chi connectivity index (χ4v) is 4.05. The summed E-state index contributed by atoms with van der Waals surface area (Å²) in [5, 5.41) is 4.78. The lowest BCUT2D eigenvalue weighted by Gasteiger charge is -2.26. The normalized spacial score (nSPS) is 14.5. The van der Waals surface area contributed by atoms with Gasteiger partial charge in [0.25, 0.3) is 0 Å². The number of rotatable bonds is 1. The highest BCUT2D eigenvalue weighted by Crippen LogP contribution is 2.32. The number of carbonyl (C=O) groups excluding carboxylic acids is 1. The van der Waals surface area contributed by atoms with Gasteiger partial charge in [0.1, 0.15) is 0 Å². The van der Waals surface area contributed by atoms with E-state index in [0.29, 0.717) is 37.5 Å².